The summed E-state index contributed by atoms with van der Waals surface area (Å²) in [6.45, 7) is 4.09. The van der Waals surface area contributed by atoms with E-state index in [0.717, 1.165) is 38.5 Å². The van der Waals surface area contributed by atoms with Crippen LogP contribution in [0.1, 0.15) is 296 Å². The van der Waals surface area contributed by atoms with E-state index in [1.54, 1.807) is 6.08 Å². The Bertz CT molecular complexity index is 941. The van der Waals surface area contributed by atoms with Crippen LogP contribution in [-0.4, -0.2) is 39.6 Å². The number of allylic oxidation sites excluding steroid dienone is 1. The van der Waals surface area contributed by atoms with Gasteiger partial charge in [-0.1, -0.05) is 283 Å². The predicted molar refractivity (Wildman–Crippen MR) is 260 cm³/mol. The van der Waals surface area contributed by atoms with Gasteiger partial charge in [0.1, 0.15) is 0 Å². The molecule has 0 unspecified atom stereocenters. The van der Waals surface area contributed by atoms with Crippen LogP contribution in [0.4, 0.5) is 0 Å². The first kappa shape index (κ1) is 59.3. The zero-order valence-corrected chi connectivity index (χ0v) is 41.0. The van der Waals surface area contributed by atoms with Gasteiger partial charge in [0.25, 0.3) is 0 Å². The number of rotatable bonds is 50. The Kier molecular flexibility index (Phi) is 47.2. The molecule has 0 fully saturated rings. The standard InChI is InChI=1S/C52H104NO6P/c1-3-5-7-9-11-13-15-16-17-18-19-20-21-22-23-24-25-26-27-28-29-30-31-32-33-34-35-36-38-40-42-44-46-48-52(55)53-50(49-59-60(56,57)58)51(54)47-45-43-41-39-37-14-12-10-8-6-4-2/h45,47,50-51,54H,3-44,46,48-49H2,1-2H3,(H,53,55)(H2,56,57,58)/b47-45+/t50-,51+/m0/s1. The highest BCUT2D eigenvalue weighted by atomic mass is 31.2. The monoisotopic (exact) mass is 870 g/mol. The van der Waals surface area contributed by atoms with Crippen molar-refractivity contribution >= 4 is 13.7 Å². The summed E-state index contributed by atoms with van der Waals surface area (Å²) in [5, 5.41) is 13.4. The van der Waals surface area contributed by atoms with Crippen molar-refractivity contribution in [3.05, 3.63) is 12.2 Å². The van der Waals surface area contributed by atoms with Crippen LogP contribution in [0, 0.1) is 0 Å². The number of hydrogen-bond acceptors (Lipinski definition) is 4. The Balaban J connectivity index is 3.60. The van der Waals surface area contributed by atoms with E-state index in [0.29, 0.717) is 6.42 Å². The Hall–Kier alpha value is -0.720. The van der Waals surface area contributed by atoms with Crippen LogP contribution in [0.5, 0.6) is 0 Å². The molecule has 0 aliphatic heterocycles. The second-order valence-electron chi connectivity index (χ2n) is 18.6. The molecule has 0 aromatic rings. The van der Waals surface area contributed by atoms with Crippen LogP contribution in [0.15, 0.2) is 12.2 Å². The molecule has 0 aromatic carbocycles. The lowest BCUT2D eigenvalue weighted by atomic mass is 10.0. The van der Waals surface area contributed by atoms with E-state index < -0.39 is 26.6 Å². The first-order valence-corrected chi connectivity index (χ1v) is 28.2. The van der Waals surface area contributed by atoms with Gasteiger partial charge in [-0.3, -0.25) is 9.32 Å². The van der Waals surface area contributed by atoms with Gasteiger partial charge in [-0.2, -0.15) is 0 Å². The summed E-state index contributed by atoms with van der Waals surface area (Å²) in [5.41, 5.74) is 0. The van der Waals surface area contributed by atoms with Crippen molar-refractivity contribution in [2.75, 3.05) is 6.61 Å². The summed E-state index contributed by atoms with van der Waals surface area (Å²) in [7, 11) is -4.71. The molecule has 60 heavy (non-hydrogen) atoms. The molecule has 0 radical (unpaired) electrons. The number of hydrogen-bond donors (Lipinski definition) is 4. The topological polar surface area (TPSA) is 116 Å². The van der Waals surface area contributed by atoms with Gasteiger partial charge in [0.05, 0.1) is 18.8 Å². The number of aliphatic hydroxyl groups is 1. The highest BCUT2D eigenvalue weighted by Crippen LogP contribution is 2.36. The Morgan fingerprint density at radius 1 is 0.467 bits per heavy atom. The van der Waals surface area contributed by atoms with Crippen molar-refractivity contribution in [2.45, 2.75) is 309 Å². The van der Waals surface area contributed by atoms with Crippen LogP contribution in [0.25, 0.3) is 0 Å². The van der Waals surface area contributed by atoms with Gasteiger partial charge in [0, 0.05) is 6.42 Å². The molecule has 0 rings (SSSR count). The molecule has 2 atom stereocenters. The van der Waals surface area contributed by atoms with Crippen LogP contribution in [-0.2, 0) is 13.9 Å². The van der Waals surface area contributed by atoms with Gasteiger partial charge in [-0.15, -0.1) is 0 Å². The fourth-order valence-corrected chi connectivity index (χ4v) is 8.82. The summed E-state index contributed by atoms with van der Waals surface area (Å²) in [5.74, 6) is -0.221. The summed E-state index contributed by atoms with van der Waals surface area (Å²) < 4.78 is 15.9. The highest BCUT2D eigenvalue weighted by molar-refractivity contribution is 7.46. The molecular formula is C52H104NO6P. The average molecular weight is 870 g/mol. The number of phosphoric ester groups is 1. The molecule has 0 saturated carbocycles. The van der Waals surface area contributed by atoms with Gasteiger partial charge in [-0.05, 0) is 19.3 Å². The first-order chi connectivity index (χ1) is 29.3. The molecule has 0 saturated heterocycles. The summed E-state index contributed by atoms with van der Waals surface area (Å²) in [6.07, 6.45) is 60.1. The fourth-order valence-electron chi connectivity index (χ4n) is 8.46. The molecule has 7 nitrogen and oxygen atoms in total. The summed E-state index contributed by atoms with van der Waals surface area (Å²) in [4.78, 5) is 30.9. The van der Waals surface area contributed by atoms with Gasteiger partial charge in [0.15, 0.2) is 0 Å². The smallest absolute Gasteiger partial charge is 0.387 e. The molecule has 0 spiro atoms. The van der Waals surface area contributed by atoms with Gasteiger partial charge in [0.2, 0.25) is 5.91 Å². The van der Waals surface area contributed by atoms with Crippen molar-refractivity contribution in [3.63, 3.8) is 0 Å². The zero-order valence-electron chi connectivity index (χ0n) is 40.1. The maximum absolute atomic E-state index is 12.6. The van der Waals surface area contributed by atoms with Crippen LogP contribution >= 0.6 is 7.82 Å². The zero-order chi connectivity index (χ0) is 43.9. The molecule has 0 aromatic heterocycles. The number of aliphatic hydroxyl groups excluding tert-OH is 1. The van der Waals surface area contributed by atoms with Crippen molar-refractivity contribution < 1.29 is 28.8 Å². The summed E-state index contributed by atoms with van der Waals surface area (Å²) >= 11 is 0. The van der Waals surface area contributed by atoms with E-state index >= 15 is 0 Å². The van der Waals surface area contributed by atoms with E-state index in [9.17, 15) is 14.5 Å². The minimum Gasteiger partial charge on any atom is -0.387 e. The second-order valence-corrected chi connectivity index (χ2v) is 19.8. The van der Waals surface area contributed by atoms with E-state index in [2.05, 4.69) is 23.7 Å². The van der Waals surface area contributed by atoms with E-state index in [4.69, 9.17) is 9.79 Å². The van der Waals surface area contributed by atoms with Crippen molar-refractivity contribution in [1.29, 1.82) is 0 Å². The van der Waals surface area contributed by atoms with E-state index in [-0.39, 0.29) is 5.91 Å². The molecule has 8 heteroatoms. The number of amides is 1. The normalized spacial score (nSPS) is 13.1. The molecule has 0 aliphatic rings. The van der Waals surface area contributed by atoms with E-state index in [1.807, 2.05) is 6.08 Å². The van der Waals surface area contributed by atoms with Gasteiger partial charge in [-0.25, -0.2) is 4.57 Å². The average Bonchev–Trinajstić information content (AvgIpc) is 3.22. The van der Waals surface area contributed by atoms with Crippen molar-refractivity contribution in [3.8, 4) is 0 Å². The SMILES string of the molecule is CCCCCCCCCCC/C=C/[C@@H](O)[C@H](COP(=O)(O)O)NC(=O)CCCCCCCCCCCCCCCCCCCCCCCCCCCCCCCCCCC. The quantitative estimate of drug-likeness (QED) is 0.0275. The number of phosphoric acid groups is 1. The Labute approximate surface area is 373 Å². The molecule has 1 amide bonds. The minimum atomic E-state index is -4.71. The molecule has 0 heterocycles. The number of carbonyl (C=O) groups is 1. The lowest BCUT2D eigenvalue weighted by molar-refractivity contribution is -0.123. The van der Waals surface area contributed by atoms with Crippen LogP contribution in [0.3, 0.4) is 0 Å². The lowest BCUT2D eigenvalue weighted by Crippen LogP contribution is -2.45. The van der Waals surface area contributed by atoms with Gasteiger partial charge >= 0.3 is 7.82 Å². The first-order valence-electron chi connectivity index (χ1n) is 26.6. The molecular weight excluding hydrogens is 766 g/mol. The van der Waals surface area contributed by atoms with Crippen LogP contribution < -0.4 is 5.32 Å². The third-order valence-corrected chi connectivity index (χ3v) is 13.0. The minimum absolute atomic E-state index is 0.221. The third kappa shape index (κ3) is 48.3. The highest BCUT2D eigenvalue weighted by Gasteiger charge is 2.24. The maximum atomic E-state index is 12.6. The van der Waals surface area contributed by atoms with Gasteiger partial charge < -0.3 is 20.2 Å². The predicted octanol–water partition coefficient (Wildman–Crippen LogP) is 16.7. The molecule has 0 bridgehead atoms. The second kappa shape index (κ2) is 47.8. The maximum Gasteiger partial charge on any atom is 0.469 e. The van der Waals surface area contributed by atoms with Crippen molar-refractivity contribution in [2.24, 2.45) is 0 Å². The third-order valence-electron chi connectivity index (χ3n) is 12.5. The molecule has 4 N–H and O–H groups in total. The van der Waals surface area contributed by atoms with Crippen LogP contribution in [0.2, 0.25) is 0 Å². The molecule has 0 aliphatic carbocycles. The Morgan fingerprint density at radius 3 is 1.02 bits per heavy atom. The largest absolute Gasteiger partial charge is 0.469 e. The number of carbonyl (C=O) groups excluding carboxylic acids is 1. The lowest BCUT2D eigenvalue weighted by Gasteiger charge is -2.22. The fraction of sp³-hybridized carbons (Fsp3) is 0.942. The number of nitrogens with one attached hydrogen (secondary N) is 1. The van der Waals surface area contributed by atoms with E-state index in [1.165, 1.54) is 238 Å². The number of unbranched alkanes of at least 4 members (excludes halogenated alkanes) is 41. The Morgan fingerprint density at radius 2 is 0.733 bits per heavy atom. The van der Waals surface area contributed by atoms with Crippen molar-refractivity contribution in [1.82, 2.24) is 5.32 Å². The summed E-state index contributed by atoms with van der Waals surface area (Å²) in [6, 6.07) is -0.905. The molecule has 358 valence electrons.